The largest absolute Gasteiger partial charge is 0.296 e. The van der Waals surface area contributed by atoms with Crippen LogP contribution < -0.4 is 5.48 Å². The van der Waals surface area contributed by atoms with Gasteiger partial charge in [0.2, 0.25) is 0 Å². The number of aryl methyl sites for hydroxylation is 2. The normalized spacial score (nSPS) is 14.0. The molecule has 0 aliphatic carbocycles. The molecule has 5 heteroatoms. The van der Waals surface area contributed by atoms with Crippen molar-refractivity contribution < 1.29 is 4.84 Å². The van der Waals surface area contributed by atoms with E-state index in [-0.39, 0.29) is 11.6 Å². The molecule has 104 valence electrons. The van der Waals surface area contributed by atoms with E-state index in [1.54, 1.807) is 0 Å². The molecule has 0 saturated heterocycles. The highest BCUT2D eigenvalue weighted by molar-refractivity contribution is 5.42. The minimum absolute atomic E-state index is 0.0561. The molecule has 2 aromatic rings. The minimum Gasteiger partial charge on any atom is -0.296 e. The van der Waals surface area contributed by atoms with E-state index in [2.05, 4.69) is 22.5 Å². The Morgan fingerprint density at radius 2 is 2.00 bits per heavy atom. The summed E-state index contributed by atoms with van der Waals surface area (Å²) in [5.41, 5.74) is 6.86. The van der Waals surface area contributed by atoms with Crippen molar-refractivity contribution in [1.29, 1.82) is 0 Å². The number of nitrogens with zero attached hydrogens (tertiary/aromatic N) is 3. The van der Waals surface area contributed by atoms with Crippen molar-refractivity contribution in [2.45, 2.75) is 53.2 Å². The lowest BCUT2D eigenvalue weighted by Gasteiger charge is -2.23. The number of hydrogen-bond acceptors (Lipinski definition) is 4. The molecule has 0 aliphatic rings. The summed E-state index contributed by atoms with van der Waals surface area (Å²) >= 11 is 0. The maximum Gasteiger partial charge on any atom is 0.155 e. The third-order valence-corrected chi connectivity index (χ3v) is 2.89. The zero-order valence-electron chi connectivity index (χ0n) is 12.5. The fraction of sp³-hybridized carbons (Fsp3) is 0.571. The summed E-state index contributed by atoms with van der Waals surface area (Å²) in [6.45, 7) is 12.1. The van der Waals surface area contributed by atoms with E-state index in [0.29, 0.717) is 0 Å². The number of rotatable bonds is 3. The lowest BCUT2D eigenvalue weighted by molar-refractivity contribution is -0.0868. The molecular weight excluding hydrogens is 240 g/mol. The van der Waals surface area contributed by atoms with Crippen LogP contribution in [0.4, 0.5) is 0 Å². The van der Waals surface area contributed by atoms with Crippen LogP contribution in [-0.4, -0.2) is 20.2 Å². The molecule has 2 aromatic heterocycles. The molecular formula is C14H22N4O. The summed E-state index contributed by atoms with van der Waals surface area (Å²) in [6.07, 6.45) is 1.88. The summed E-state index contributed by atoms with van der Waals surface area (Å²) in [5, 5.41) is 4.45. The molecule has 0 fully saturated rings. The molecule has 0 amide bonds. The molecule has 19 heavy (non-hydrogen) atoms. The van der Waals surface area contributed by atoms with E-state index in [1.165, 1.54) is 0 Å². The van der Waals surface area contributed by atoms with E-state index >= 15 is 0 Å². The summed E-state index contributed by atoms with van der Waals surface area (Å²) < 4.78 is 1.87. The highest BCUT2D eigenvalue weighted by Gasteiger charge is 2.16. The van der Waals surface area contributed by atoms with Crippen LogP contribution in [0, 0.1) is 13.8 Å². The van der Waals surface area contributed by atoms with E-state index in [1.807, 2.05) is 51.4 Å². The number of hydroxylamine groups is 1. The molecule has 5 nitrogen and oxygen atoms in total. The second kappa shape index (κ2) is 4.90. The van der Waals surface area contributed by atoms with Gasteiger partial charge in [-0.2, -0.15) is 10.6 Å². The first-order valence-electron chi connectivity index (χ1n) is 6.53. The molecule has 0 saturated carbocycles. The van der Waals surface area contributed by atoms with E-state index < -0.39 is 0 Å². The lowest BCUT2D eigenvalue weighted by Crippen LogP contribution is -2.31. The molecule has 0 aromatic carbocycles. The van der Waals surface area contributed by atoms with Crippen molar-refractivity contribution in [2.75, 3.05) is 0 Å². The van der Waals surface area contributed by atoms with Crippen LogP contribution in [0.25, 0.3) is 5.65 Å². The standard InChI is InChI=1S/C14H22N4O/c1-9-7-13-15-8-12(11(3)18(13)16-9)10(2)17-19-14(4,5)6/h7-8,10,17H,1-6H3. The first-order chi connectivity index (χ1) is 8.78. The number of hydrogen-bond donors (Lipinski definition) is 1. The first-order valence-corrected chi connectivity index (χ1v) is 6.53. The Bertz CT molecular complexity index is 583. The molecule has 2 rings (SSSR count). The predicted octanol–water partition coefficient (Wildman–Crippen LogP) is 2.73. The third kappa shape index (κ3) is 3.11. The van der Waals surface area contributed by atoms with Gasteiger partial charge in [-0.3, -0.25) is 4.84 Å². The van der Waals surface area contributed by atoms with Gasteiger partial charge >= 0.3 is 0 Å². The molecule has 1 N–H and O–H groups in total. The smallest absolute Gasteiger partial charge is 0.155 e. The summed E-state index contributed by atoms with van der Waals surface area (Å²) in [7, 11) is 0. The zero-order valence-corrected chi connectivity index (χ0v) is 12.5. The van der Waals surface area contributed by atoms with Gasteiger partial charge in [-0.1, -0.05) is 0 Å². The maximum absolute atomic E-state index is 5.61. The zero-order chi connectivity index (χ0) is 14.2. The number of aromatic nitrogens is 3. The second-order valence-electron chi connectivity index (χ2n) is 5.91. The van der Waals surface area contributed by atoms with Gasteiger partial charge in [0.05, 0.1) is 17.3 Å². The van der Waals surface area contributed by atoms with Gasteiger partial charge in [0.25, 0.3) is 0 Å². The van der Waals surface area contributed by atoms with Gasteiger partial charge in [-0.05, 0) is 41.5 Å². The van der Waals surface area contributed by atoms with Crippen molar-refractivity contribution >= 4 is 5.65 Å². The number of fused-ring (bicyclic) bond motifs is 1. The van der Waals surface area contributed by atoms with Crippen molar-refractivity contribution in [1.82, 2.24) is 20.1 Å². The van der Waals surface area contributed by atoms with Crippen LogP contribution in [0.2, 0.25) is 0 Å². The van der Waals surface area contributed by atoms with E-state index in [0.717, 1.165) is 22.6 Å². The fourth-order valence-electron chi connectivity index (χ4n) is 1.93. The fourth-order valence-corrected chi connectivity index (χ4v) is 1.93. The lowest BCUT2D eigenvalue weighted by atomic mass is 10.1. The molecule has 1 atom stereocenters. The summed E-state index contributed by atoms with van der Waals surface area (Å²) in [5.74, 6) is 0. The van der Waals surface area contributed by atoms with Gasteiger partial charge in [0.15, 0.2) is 5.65 Å². The summed E-state index contributed by atoms with van der Waals surface area (Å²) in [6, 6.07) is 2.03. The van der Waals surface area contributed by atoms with Gasteiger partial charge in [-0.25, -0.2) is 9.50 Å². The Kier molecular flexibility index (Phi) is 3.60. The highest BCUT2D eigenvalue weighted by atomic mass is 16.7. The monoisotopic (exact) mass is 262 g/mol. The van der Waals surface area contributed by atoms with Crippen LogP contribution in [0.15, 0.2) is 12.3 Å². The average Bonchev–Trinajstić information content (AvgIpc) is 2.67. The van der Waals surface area contributed by atoms with Crippen LogP contribution in [0.5, 0.6) is 0 Å². The molecule has 0 spiro atoms. The quantitative estimate of drug-likeness (QED) is 0.864. The molecule has 2 heterocycles. The van der Waals surface area contributed by atoms with Crippen molar-refractivity contribution in [3.05, 3.63) is 29.2 Å². The topological polar surface area (TPSA) is 51.5 Å². The van der Waals surface area contributed by atoms with Crippen LogP contribution >= 0.6 is 0 Å². The maximum atomic E-state index is 5.61. The predicted molar refractivity (Wildman–Crippen MR) is 74.8 cm³/mol. The minimum atomic E-state index is -0.220. The second-order valence-corrected chi connectivity index (χ2v) is 5.91. The van der Waals surface area contributed by atoms with Crippen molar-refractivity contribution in [3.8, 4) is 0 Å². The van der Waals surface area contributed by atoms with E-state index in [9.17, 15) is 0 Å². The van der Waals surface area contributed by atoms with Crippen molar-refractivity contribution in [2.24, 2.45) is 0 Å². The van der Waals surface area contributed by atoms with Crippen LogP contribution in [0.3, 0.4) is 0 Å². The highest BCUT2D eigenvalue weighted by Crippen LogP contribution is 2.19. The Morgan fingerprint density at radius 3 is 2.63 bits per heavy atom. The molecule has 0 aliphatic heterocycles. The number of nitrogens with one attached hydrogen (secondary N) is 1. The summed E-state index contributed by atoms with van der Waals surface area (Å²) in [4.78, 5) is 10.0. The average molecular weight is 262 g/mol. The Balaban J connectivity index is 2.27. The van der Waals surface area contributed by atoms with Gasteiger partial charge in [0.1, 0.15) is 0 Å². The van der Waals surface area contributed by atoms with Gasteiger partial charge in [-0.15, -0.1) is 0 Å². The molecule has 0 radical (unpaired) electrons. The Morgan fingerprint density at radius 1 is 1.32 bits per heavy atom. The van der Waals surface area contributed by atoms with Gasteiger partial charge in [0, 0.05) is 23.5 Å². The SMILES string of the molecule is Cc1cc2ncc(C(C)NOC(C)(C)C)c(C)n2n1. The Labute approximate surface area is 113 Å². The molecule has 1 unspecified atom stereocenters. The van der Waals surface area contributed by atoms with Gasteiger partial charge < -0.3 is 0 Å². The van der Waals surface area contributed by atoms with Crippen molar-refractivity contribution in [3.63, 3.8) is 0 Å². The van der Waals surface area contributed by atoms with Crippen LogP contribution in [-0.2, 0) is 4.84 Å². The van der Waals surface area contributed by atoms with E-state index in [4.69, 9.17) is 4.84 Å². The Hall–Kier alpha value is -1.46. The first kappa shape index (κ1) is 14.0. The molecule has 0 bridgehead atoms. The van der Waals surface area contributed by atoms with Crippen LogP contribution in [0.1, 0.15) is 50.7 Å². The third-order valence-electron chi connectivity index (χ3n) is 2.89.